The van der Waals surface area contributed by atoms with Crippen LogP contribution in [0.5, 0.6) is 0 Å². The Hall–Kier alpha value is -0.910. The molecule has 5 heteroatoms. The van der Waals surface area contributed by atoms with Gasteiger partial charge in [-0.1, -0.05) is 0 Å². The zero-order valence-electron chi connectivity index (χ0n) is 10.3. The van der Waals surface area contributed by atoms with Gasteiger partial charge < -0.3 is 19.9 Å². The Bertz CT molecular complexity index is 353. The third-order valence-corrected chi connectivity index (χ3v) is 3.70. The fourth-order valence-electron chi connectivity index (χ4n) is 2.67. The van der Waals surface area contributed by atoms with Crippen molar-refractivity contribution in [2.75, 3.05) is 39.9 Å². The molecule has 2 aliphatic rings. The predicted molar refractivity (Wildman–Crippen MR) is 65.0 cm³/mol. The van der Waals surface area contributed by atoms with Crippen LogP contribution in [0.1, 0.15) is 29.9 Å². The Labute approximate surface area is 102 Å². The third-order valence-electron chi connectivity index (χ3n) is 3.70. The summed E-state index contributed by atoms with van der Waals surface area (Å²) in [7, 11) is 2.17. The van der Waals surface area contributed by atoms with Gasteiger partial charge >= 0.3 is 0 Å². The van der Waals surface area contributed by atoms with E-state index in [0.29, 0.717) is 5.92 Å². The number of rotatable bonds is 2. The van der Waals surface area contributed by atoms with E-state index in [4.69, 9.17) is 4.74 Å². The number of aromatic nitrogens is 2. The Morgan fingerprint density at radius 2 is 2.47 bits per heavy atom. The van der Waals surface area contributed by atoms with E-state index in [0.717, 1.165) is 32.1 Å². The maximum absolute atomic E-state index is 5.46. The second-order valence-corrected chi connectivity index (χ2v) is 5.05. The summed E-state index contributed by atoms with van der Waals surface area (Å²) in [4.78, 5) is 10.3. The molecule has 0 bridgehead atoms. The maximum atomic E-state index is 5.46. The van der Waals surface area contributed by atoms with Crippen LogP contribution in [0.2, 0.25) is 0 Å². The van der Waals surface area contributed by atoms with E-state index in [9.17, 15) is 0 Å². The molecule has 2 atom stereocenters. The molecule has 2 unspecified atom stereocenters. The van der Waals surface area contributed by atoms with Gasteiger partial charge in [-0.15, -0.1) is 0 Å². The van der Waals surface area contributed by atoms with E-state index in [1.807, 2.05) is 6.20 Å². The first-order valence-electron chi connectivity index (χ1n) is 6.37. The Morgan fingerprint density at radius 1 is 1.53 bits per heavy atom. The van der Waals surface area contributed by atoms with Crippen LogP contribution >= 0.6 is 0 Å². The second kappa shape index (κ2) is 4.76. The van der Waals surface area contributed by atoms with Crippen LogP contribution in [0.25, 0.3) is 0 Å². The minimum atomic E-state index is 0.233. The zero-order valence-corrected chi connectivity index (χ0v) is 10.3. The first-order chi connectivity index (χ1) is 8.33. The topological polar surface area (TPSA) is 53.2 Å². The van der Waals surface area contributed by atoms with Gasteiger partial charge in [0.2, 0.25) is 0 Å². The molecule has 3 heterocycles. The van der Waals surface area contributed by atoms with Crippen molar-refractivity contribution >= 4 is 0 Å². The summed E-state index contributed by atoms with van der Waals surface area (Å²) in [6.45, 7) is 4.75. The predicted octanol–water partition coefficient (Wildman–Crippen LogP) is 0.490. The lowest BCUT2D eigenvalue weighted by Gasteiger charge is -2.21. The molecule has 2 N–H and O–H groups in total. The van der Waals surface area contributed by atoms with Gasteiger partial charge in [-0.05, 0) is 20.0 Å². The van der Waals surface area contributed by atoms with Crippen LogP contribution in [0.4, 0.5) is 0 Å². The normalized spacial score (nSPS) is 30.9. The summed E-state index contributed by atoms with van der Waals surface area (Å²) in [6.07, 6.45) is 3.22. The molecule has 0 radical (unpaired) electrons. The van der Waals surface area contributed by atoms with Crippen LogP contribution in [0.15, 0.2) is 6.20 Å². The quantitative estimate of drug-likeness (QED) is 0.784. The minimum absolute atomic E-state index is 0.233. The van der Waals surface area contributed by atoms with Crippen LogP contribution < -0.4 is 5.32 Å². The molecule has 3 rings (SSSR count). The number of aromatic amines is 1. The van der Waals surface area contributed by atoms with E-state index >= 15 is 0 Å². The standard InChI is InChI=1S/C12H20N4O/c1-16-4-2-9(7-16)10-6-14-12(15-10)11-8-17-5-3-13-11/h6,9,11,13H,2-5,7-8H2,1H3,(H,14,15). The van der Waals surface area contributed by atoms with Gasteiger partial charge in [-0.3, -0.25) is 0 Å². The number of hydrogen-bond acceptors (Lipinski definition) is 4. The number of likely N-dealkylation sites (N-methyl/N-ethyl adjacent to an activating group) is 1. The van der Waals surface area contributed by atoms with E-state index < -0.39 is 0 Å². The van der Waals surface area contributed by atoms with Crippen molar-refractivity contribution in [3.05, 3.63) is 17.7 Å². The highest BCUT2D eigenvalue weighted by Crippen LogP contribution is 2.25. The number of hydrogen-bond donors (Lipinski definition) is 2. The molecule has 1 aromatic heterocycles. The van der Waals surface area contributed by atoms with Gasteiger partial charge in [0.25, 0.3) is 0 Å². The number of H-pyrrole nitrogens is 1. The van der Waals surface area contributed by atoms with Crippen molar-refractivity contribution in [1.82, 2.24) is 20.2 Å². The van der Waals surface area contributed by atoms with Crippen molar-refractivity contribution in [3.63, 3.8) is 0 Å². The average Bonchev–Trinajstić information content (AvgIpc) is 2.98. The van der Waals surface area contributed by atoms with Gasteiger partial charge in [0, 0.05) is 30.9 Å². The zero-order chi connectivity index (χ0) is 11.7. The van der Waals surface area contributed by atoms with Gasteiger partial charge in [0.1, 0.15) is 5.82 Å². The van der Waals surface area contributed by atoms with Crippen molar-refractivity contribution in [2.24, 2.45) is 0 Å². The second-order valence-electron chi connectivity index (χ2n) is 5.05. The molecule has 0 aliphatic carbocycles. The number of ether oxygens (including phenoxy) is 1. The summed E-state index contributed by atoms with van der Waals surface area (Å²) < 4.78 is 5.46. The molecule has 0 saturated carbocycles. The molecule has 17 heavy (non-hydrogen) atoms. The molecule has 0 amide bonds. The van der Waals surface area contributed by atoms with E-state index in [1.165, 1.54) is 18.7 Å². The molecular formula is C12H20N4O. The maximum Gasteiger partial charge on any atom is 0.125 e. The molecule has 0 spiro atoms. The van der Waals surface area contributed by atoms with Gasteiger partial charge in [-0.2, -0.15) is 0 Å². The molecular weight excluding hydrogens is 216 g/mol. The van der Waals surface area contributed by atoms with Gasteiger partial charge in [-0.25, -0.2) is 4.98 Å². The van der Waals surface area contributed by atoms with Crippen molar-refractivity contribution in [2.45, 2.75) is 18.4 Å². The van der Waals surface area contributed by atoms with Crippen molar-refractivity contribution < 1.29 is 4.74 Å². The molecule has 1 aromatic rings. The van der Waals surface area contributed by atoms with Crippen molar-refractivity contribution in [1.29, 1.82) is 0 Å². The Balaban J connectivity index is 1.69. The summed E-state index contributed by atoms with van der Waals surface area (Å²) in [5.41, 5.74) is 1.27. The van der Waals surface area contributed by atoms with Gasteiger partial charge in [0.05, 0.1) is 19.3 Å². The van der Waals surface area contributed by atoms with E-state index in [-0.39, 0.29) is 6.04 Å². The number of likely N-dealkylation sites (tertiary alicyclic amines) is 1. The van der Waals surface area contributed by atoms with Crippen molar-refractivity contribution in [3.8, 4) is 0 Å². The van der Waals surface area contributed by atoms with Crippen LogP contribution in [-0.2, 0) is 4.74 Å². The Morgan fingerprint density at radius 3 is 3.18 bits per heavy atom. The summed E-state index contributed by atoms with van der Waals surface area (Å²) >= 11 is 0. The molecule has 2 aliphatic heterocycles. The molecule has 2 fully saturated rings. The monoisotopic (exact) mass is 236 g/mol. The molecule has 5 nitrogen and oxygen atoms in total. The lowest BCUT2D eigenvalue weighted by Crippen LogP contribution is -2.35. The van der Waals surface area contributed by atoms with E-state index in [2.05, 4.69) is 27.2 Å². The van der Waals surface area contributed by atoms with Gasteiger partial charge in [0.15, 0.2) is 0 Å². The number of morpholine rings is 1. The lowest BCUT2D eigenvalue weighted by atomic mass is 10.1. The summed E-state index contributed by atoms with van der Waals surface area (Å²) in [5, 5.41) is 3.42. The number of nitrogens with zero attached hydrogens (tertiary/aromatic N) is 2. The summed E-state index contributed by atoms with van der Waals surface area (Å²) in [5.74, 6) is 1.64. The largest absolute Gasteiger partial charge is 0.378 e. The Kier molecular flexibility index (Phi) is 3.13. The van der Waals surface area contributed by atoms with Crippen LogP contribution in [0.3, 0.4) is 0 Å². The number of imidazole rings is 1. The highest BCUT2D eigenvalue weighted by Gasteiger charge is 2.24. The molecule has 94 valence electrons. The highest BCUT2D eigenvalue weighted by molar-refractivity contribution is 5.12. The van der Waals surface area contributed by atoms with E-state index in [1.54, 1.807) is 0 Å². The first kappa shape index (κ1) is 11.2. The molecule has 2 saturated heterocycles. The smallest absolute Gasteiger partial charge is 0.125 e. The van der Waals surface area contributed by atoms with Crippen LogP contribution in [0, 0.1) is 0 Å². The van der Waals surface area contributed by atoms with Crippen LogP contribution in [-0.4, -0.2) is 54.8 Å². The average molecular weight is 236 g/mol. The summed E-state index contributed by atoms with van der Waals surface area (Å²) in [6, 6.07) is 0.233. The number of nitrogens with one attached hydrogen (secondary N) is 2. The fraction of sp³-hybridized carbons (Fsp3) is 0.750. The highest BCUT2D eigenvalue weighted by atomic mass is 16.5. The fourth-order valence-corrected chi connectivity index (χ4v) is 2.67. The SMILES string of the molecule is CN1CCC(c2cnc(C3COCCN3)[nH]2)C1. The third kappa shape index (κ3) is 2.36. The lowest BCUT2D eigenvalue weighted by molar-refractivity contribution is 0.0744. The molecule has 0 aromatic carbocycles. The first-order valence-corrected chi connectivity index (χ1v) is 6.37. The minimum Gasteiger partial charge on any atom is -0.378 e.